The maximum absolute atomic E-state index is 13.1. The van der Waals surface area contributed by atoms with Gasteiger partial charge in [-0.05, 0) is 32.9 Å². The lowest BCUT2D eigenvalue weighted by molar-refractivity contribution is 0.341. The molecule has 0 unspecified atom stereocenters. The Balaban J connectivity index is 3.30. The molecule has 0 heterocycles. The lowest BCUT2D eigenvalue weighted by atomic mass is 10.4. The number of benzene rings is 1. The molecule has 2 nitrogen and oxygen atoms in total. The van der Waals surface area contributed by atoms with Gasteiger partial charge in [0.15, 0.2) is 0 Å². The first-order valence-electron chi connectivity index (χ1n) is 5.44. The van der Waals surface area contributed by atoms with E-state index in [2.05, 4.69) is 0 Å². The van der Waals surface area contributed by atoms with Crippen molar-refractivity contribution in [3.05, 3.63) is 30.3 Å². The van der Waals surface area contributed by atoms with Crippen molar-refractivity contribution in [1.82, 2.24) is 0 Å². The predicted octanol–water partition coefficient (Wildman–Crippen LogP) is 2.86. The molecule has 0 aliphatic rings. The van der Waals surface area contributed by atoms with Crippen LogP contribution in [0.5, 0.6) is 0 Å². The molecule has 86 valence electrons. The molecule has 0 saturated heterocycles. The van der Waals surface area contributed by atoms with Gasteiger partial charge in [0.25, 0.3) is 0 Å². The van der Waals surface area contributed by atoms with Crippen LogP contribution in [0, 0.1) is 0 Å². The van der Waals surface area contributed by atoms with Crippen molar-refractivity contribution < 1.29 is 8.39 Å². The molecule has 0 N–H and O–H groups in total. The maximum atomic E-state index is 13.1. The molecular weight excluding hydrogens is 208 g/mol. The zero-order chi connectivity index (χ0) is 11.4. The van der Waals surface area contributed by atoms with E-state index in [-0.39, 0.29) is 0 Å². The lowest BCUT2D eigenvalue weighted by Crippen LogP contribution is -2.41. The third kappa shape index (κ3) is 2.13. The van der Waals surface area contributed by atoms with Crippen molar-refractivity contribution in [2.75, 3.05) is 18.1 Å². The fourth-order valence-electron chi connectivity index (χ4n) is 1.77. The van der Waals surface area contributed by atoms with Gasteiger partial charge in [0.1, 0.15) is 0 Å². The molecule has 0 bridgehead atoms. The van der Waals surface area contributed by atoms with E-state index in [1.807, 2.05) is 51.1 Å². The number of hydrogen-bond acceptors (Lipinski definition) is 2. The first-order valence-corrected chi connectivity index (χ1v) is 7.67. The average Bonchev–Trinajstić information content (AvgIpc) is 2.31. The van der Waals surface area contributed by atoms with Gasteiger partial charge < -0.3 is 0 Å². The highest BCUT2D eigenvalue weighted by Crippen LogP contribution is 2.36. The lowest BCUT2D eigenvalue weighted by Gasteiger charge is -2.46. The van der Waals surface area contributed by atoms with Gasteiger partial charge in [-0.15, -0.1) is 0 Å². The highest BCUT2D eigenvalue weighted by molar-refractivity contribution is 8.15. The van der Waals surface area contributed by atoms with E-state index in [0.717, 1.165) is 4.90 Å². The normalized spacial score (nSPS) is 14.5. The van der Waals surface area contributed by atoms with Crippen molar-refractivity contribution in [3.8, 4) is 0 Å². The zero-order valence-electron chi connectivity index (χ0n) is 9.73. The summed E-state index contributed by atoms with van der Waals surface area (Å²) in [5.74, 6) is 1.09. The van der Waals surface area contributed by atoms with Crippen LogP contribution in [0.25, 0.3) is 0 Å². The third-order valence-corrected chi connectivity index (χ3v) is 7.27. The van der Waals surface area contributed by atoms with E-state index in [1.54, 1.807) is 0 Å². The summed E-state index contributed by atoms with van der Waals surface area (Å²) < 4.78 is 18.8. The highest BCUT2D eigenvalue weighted by atomic mass is 32.3. The predicted molar refractivity (Wildman–Crippen MR) is 65.6 cm³/mol. The average molecular weight is 228 g/mol. The molecular formula is C12H20O2S. The van der Waals surface area contributed by atoms with Crippen molar-refractivity contribution >= 4 is 9.35 Å². The molecule has 1 aromatic rings. The summed E-state index contributed by atoms with van der Waals surface area (Å²) in [5.41, 5.74) is 0. The van der Waals surface area contributed by atoms with Crippen LogP contribution in [-0.2, 0) is 13.5 Å². The standard InChI is InChI=1S/C12H20O2S/c1-4-14-15(13,5-2,6-3)12-10-8-7-9-11-12/h7-11H,4-6H2,1-3H3. The fourth-order valence-corrected chi connectivity index (χ4v) is 4.63. The summed E-state index contributed by atoms with van der Waals surface area (Å²) >= 11 is 0. The second-order valence-electron chi connectivity index (χ2n) is 3.50. The van der Waals surface area contributed by atoms with Gasteiger partial charge >= 0.3 is 0 Å². The molecule has 1 aromatic carbocycles. The molecule has 0 atom stereocenters. The smallest absolute Gasteiger partial charge is 0.0683 e. The van der Waals surface area contributed by atoms with Gasteiger partial charge in [-0.3, -0.25) is 4.18 Å². The zero-order valence-corrected chi connectivity index (χ0v) is 10.5. The van der Waals surface area contributed by atoms with Crippen LogP contribution < -0.4 is 0 Å². The monoisotopic (exact) mass is 228 g/mol. The first kappa shape index (κ1) is 12.4. The van der Waals surface area contributed by atoms with Crippen LogP contribution in [0.3, 0.4) is 0 Å². The Hall–Kier alpha value is -0.670. The quantitative estimate of drug-likeness (QED) is 0.774. The minimum Gasteiger partial charge on any atom is -0.284 e. The fraction of sp³-hybridized carbons (Fsp3) is 0.500. The molecule has 0 fully saturated rings. The molecule has 3 heteroatoms. The maximum Gasteiger partial charge on any atom is 0.0683 e. The summed E-state index contributed by atoms with van der Waals surface area (Å²) in [7, 11) is -3.08. The summed E-state index contributed by atoms with van der Waals surface area (Å²) in [6.45, 7) is 6.24. The van der Waals surface area contributed by atoms with Crippen molar-refractivity contribution in [2.45, 2.75) is 25.7 Å². The molecule has 1 rings (SSSR count). The Morgan fingerprint density at radius 2 is 1.60 bits per heavy atom. The SMILES string of the molecule is CCOS(=O)(CC)(CC)c1ccccc1. The molecule has 0 radical (unpaired) electrons. The Kier molecular flexibility index (Phi) is 3.68. The van der Waals surface area contributed by atoms with Crippen LogP contribution >= 0.6 is 0 Å². The van der Waals surface area contributed by atoms with Crippen molar-refractivity contribution in [3.63, 3.8) is 0 Å². The molecule has 0 aliphatic heterocycles. The Morgan fingerprint density at radius 1 is 1.07 bits per heavy atom. The molecule has 0 aliphatic carbocycles. The van der Waals surface area contributed by atoms with E-state index in [1.165, 1.54) is 0 Å². The van der Waals surface area contributed by atoms with Gasteiger partial charge in [0, 0.05) is 11.5 Å². The topological polar surface area (TPSA) is 26.3 Å². The first-order chi connectivity index (χ1) is 7.09. The van der Waals surface area contributed by atoms with E-state index in [4.69, 9.17) is 4.18 Å². The van der Waals surface area contributed by atoms with Gasteiger partial charge in [0.05, 0.1) is 11.5 Å². The second-order valence-corrected chi connectivity index (χ2v) is 7.76. The summed E-state index contributed by atoms with van der Waals surface area (Å²) in [6, 6.07) is 9.55. The van der Waals surface area contributed by atoms with Gasteiger partial charge in [-0.25, -0.2) is 4.21 Å². The Labute approximate surface area is 92.3 Å². The second kappa shape index (κ2) is 4.45. The Morgan fingerprint density at radius 3 is 2.00 bits per heavy atom. The van der Waals surface area contributed by atoms with E-state index in [0.29, 0.717) is 18.1 Å². The number of hydrogen-bond donors (Lipinski definition) is 0. The van der Waals surface area contributed by atoms with Crippen LogP contribution in [0.1, 0.15) is 20.8 Å². The third-order valence-electron chi connectivity index (χ3n) is 2.83. The molecule has 0 spiro atoms. The van der Waals surface area contributed by atoms with Gasteiger partial charge in [0.2, 0.25) is 0 Å². The van der Waals surface area contributed by atoms with Crippen LogP contribution in [0.4, 0.5) is 0 Å². The Bertz CT molecular complexity index is 362. The summed E-state index contributed by atoms with van der Waals surface area (Å²) in [5, 5.41) is 0. The van der Waals surface area contributed by atoms with Crippen molar-refractivity contribution in [2.24, 2.45) is 0 Å². The van der Waals surface area contributed by atoms with E-state index >= 15 is 0 Å². The summed E-state index contributed by atoms with van der Waals surface area (Å²) in [4.78, 5) is 0.835. The highest BCUT2D eigenvalue weighted by Gasteiger charge is 2.29. The molecule has 15 heavy (non-hydrogen) atoms. The largest absolute Gasteiger partial charge is 0.284 e. The van der Waals surface area contributed by atoms with E-state index < -0.39 is 9.35 Å². The van der Waals surface area contributed by atoms with Crippen LogP contribution in [0.2, 0.25) is 0 Å². The molecule has 0 amide bonds. The minimum atomic E-state index is -3.08. The summed E-state index contributed by atoms with van der Waals surface area (Å²) in [6.07, 6.45) is 0. The van der Waals surface area contributed by atoms with Crippen molar-refractivity contribution in [1.29, 1.82) is 0 Å². The molecule has 0 saturated carbocycles. The van der Waals surface area contributed by atoms with Crippen LogP contribution in [0.15, 0.2) is 35.2 Å². The minimum absolute atomic E-state index is 0.488. The van der Waals surface area contributed by atoms with Crippen LogP contribution in [-0.4, -0.2) is 22.3 Å². The van der Waals surface area contributed by atoms with Gasteiger partial charge in [-0.1, -0.05) is 18.2 Å². The molecule has 0 aromatic heterocycles. The number of rotatable bonds is 5. The van der Waals surface area contributed by atoms with Gasteiger partial charge in [-0.2, -0.15) is 9.35 Å². The van der Waals surface area contributed by atoms with E-state index in [9.17, 15) is 4.21 Å².